The van der Waals surface area contributed by atoms with Crippen molar-refractivity contribution in [2.45, 2.75) is 26.4 Å². The molecule has 6 heteroatoms. The van der Waals surface area contributed by atoms with E-state index in [1.807, 2.05) is 6.92 Å². The summed E-state index contributed by atoms with van der Waals surface area (Å²) in [4.78, 5) is 22.7. The minimum absolute atomic E-state index is 0.0846. The summed E-state index contributed by atoms with van der Waals surface area (Å²) in [6.45, 7) is 2.67. The van der Waals surface area contributed by atoms with E-state index in [0.29, 0.717) is 6.54 Å². The summed E-state index contributed by atoms with van der Waals surface area (Å²) < 4.78 is 16.8. The number of hydrogen-bond donors (Lipinski definition) is 1. The van der Waals surface area contributed by atoms with Gasteiger partial charge in [0.2, 0.25) is 0 Å². The fraction of sp³-hybridized carbons (Fsp3) is 0.286. The number of benzene rings is 1. The van der Waals surface area contributed by atoms with Gasteiger partial charge in [-0.2, -0.15) is 0 Å². The van der Waals surface area contributed by atoms with Crippen LogP contribution in [0.3, 0.4) is 0 Å². The molecule has 0 saturated heterocycles. The number of hydrogen-bond acceptors (Lipinski definition) is 2. The smallest absolute Gasteiger partial charge is 0.335 e. The number of imidazole rings is 1. The molecule has 0 atom stereocenters. The van der Waals surface area contributed by atoms with Crippen LogP contribution in [0.15, 0.2) is 35.4 Å². The van der Waals surface area contributed by atoms with Crippen LogP contribution in [-0.4, -0.2) is 20.2 Å². The highest BCUT2D eigenvalue weighted by Crippen LogP contribution is 2.11. The number of nitrogens with zero attached hydrogens (tertiary/aromatic N) is 2. The summed E-state index contributed by atoms with van der Waals surface area (Å²) in [5, 5.41) is 8.77. The van der Waals surface area contributed by atoms with Crippen LogP contribution in [0, 0.1) is 5.82 Å². The highest BCUT2D eigenvalue weighted by molar-refractivity contribution is 5.87. The summed E-state index contributed by atoms with van der Waals surface area (Å²) >= 11 is 0. The molecule has 0 aliphatic heterocycles. The normalized spacial score (nSPS) is 10.7. The molecular weight excluding hydrogens is 263 g/mol. The van der Waals surface area contributed by atoms with Crippen LogP contribution >= 0.6 is 0 Å². The van der Waals surface area contributed by atoms with Gasteiger partial charge in [0, 0.05) is 24.5 Å². The SMILES string of the molecule is CCCn1ccn(Cc2ccc(C(=O)O)cc2F)c1=O. The predicted molar refractivity (Wildman–Crippen MR) is 71.4 cm³/mol. The molecule has 20 heavy (non-hydrogen) atoms. The molecule has 0 saturated carbocycles. The van der Waals surface area contributed by atoms with Crippen LogP contribution in [0.2, 0.25) is 0 Å². The van der Waals surface area contributed by atoms with Gasteiger partial charge in [0.1, 0.15) is 5.82 Å². The summed E-state index contributed by atoms with van der Waals surface area (Å²) in [5.74, 6) is -1.80. The lowest BCUT2D eigenvalue weighted by Gasteiger charge is -2.05. The third-order valence-electron chi connectivity index (χ3n) is 3.02. The Labute approximate surface area is 114 Å². The van der Waals surface area contributed by atoms with Crippen molar-refractivity contribution in [3.8, 4) is 0 Å². The average molecular weight is 278 g/mol. The Morgan fingerprint density at radius 3 is 2.60 bits per heavy atom. The fourth-order valence-corrected chi connectivity index (χ4v) is 1.98. The Morgan fingerprint density at radius 1 is 1.30 bits per heavy atom. The molecule has 0 spiro atoms. The summed E-state index contributed by atoms with van der Waals surface area (Å²) in [5.41, 5.74) is -0.0259. The Morgan fingerprint density at radius 2 is 2.00 bits per heavy atom. The molecule has 1 aromatic carbocycles. The lowest BCUT2D eigenvalue weighted by atomic mass is 10.1. The van der Waals surface area contributed by atoms with Gasteiger partial charge in [-0.3, -0.25) is 9.13 Å². The molecule has 1 N–H and O–H groups in total. The summed E-state index contributed by atoms with van der Waals surface area (Å²) in [7, 11) is 0. The van der Waals surface area contributed by atoms with Gasteiger partial charge in [-0.1, -0.05) is 13.0 Å². The van der Waals surface area contributed by atoms with Crippen molar-refractivity contribution in [1.29, 1.82) is 0 Å². The van der Waals surface area contributed by atoms with Gasteiger partial charge in [0.15, 0.2) is 0 Å². The van der Waals surface area contributed by atoms with Gasteiger partial charge in [0.05, 0.1) is 12.1 Å². The fourth-order valence-electron chi connectivity index (χ4n) is 1.98. The molecule has 2 aromatic rings. The van der Waals surface area contributed by atoms with E-state index in [1.165, 1.54) is 16.7 Å². The number of carboxylic acid groups (broad SMARTS) is 1. The Kier molecular flexibility index (Phi) is 4.02. The van der Waals surface area contributed by atoms with E-state index in [1.54, 1.807) is 17.0 Å². The molecule has 0 aliphatic carbocycles. The van der Waals surface area contributed by atoms with Crippen LogP contribution in [0.5, 0.6) is 0 Å². The Bertz CT molecular complexity index is 688. The van der Waals surface area contributed by atoms with Crippen LogP contribution in [0.25, 0.3) is 0 Å². The molecule has 0 amide bonds. The van der Waals surface area contributed by atoms with Gasteiger partial charge in [-0.15, -0.1) is 0 Å². The molecule has 0 radical (unpaired) electrons. The Balaban J connectivity index is 2.26. The van der Waals surface area contributed by atoms with Crippen molar-refractivity contribution >= 4 is 5.97 Å². The maximum Gasteiger partial charge on any atom is 0.335 e. The van der Waals surface area contributed by atoms with E-state index in [9.17, 15) is 14.0 Å². The number of aryl methyl sites for hydroxylation is 1. The first-order valence-electron chi connectivity index (χ1n) is 6.30. The first-order valence-corrected chi connectivity index (χ1v) is 6.30. The van der Waals surface area contributed by atoms with E-state index in [-0.39, 0.29) is 23.4 Å². The monoisotopic (exact) mass is 278 g/mol. The van der Waals surface area contributed by atoms with E-state index < -0.39 is 11.8 Å². The van der Waals surface area contributed by atoms with Gasteiger partial charge < -0.3 is 5.11 Å². The predicted octanol–water partition coefficient (Wildman–Crippen LogP) is 1.95. The van der Waals surface area contributed by atoms with Crippen LogP contribution < -0.4 is 5.69 Å². The molecule has 106 valence electrons. The largest absolute Gasteiger partial charge is 0.478 e. The average Bonchev–Trinajstić information content (AvgIpc) is 2.74. The second kappa shape index (κ2) is 5.73. The molecule has 5 nitrogen and oxygen atoms in total. The maximum atomic E-state index is 13.8. The number of aromatic nitrogens is 2. The zero-order valence-electron chi connectivity index (χ0n) is 11.0. The zero-order valence-corrected chi connectivity index (χ0v) is 11.0. The number of rotatable bonds is 5. The highest BCUT2D eigenvalue weighted by Gasteiger charge is 2.10. The first kappa shape index (κ1) is 14.0. The minimum atomic E-state index is -1.18. The molecule has 2 rings (SSSR count). The minimum Gasteiger partial charge on any atom is -0.478 e. The third kappa shape index (κ3) is 2.79. The topological polar surface area (TPSA) is 64.2 Å². The van der Waals surface area contributed by atoms with Gasteiger partial charge in [-0.25, -0.2) is 14.0 Å². The van der Waals surface area contributed by atoms with Crippen molar-refractivity contribution in [2.24, 2.45) is 0 Å². The number of carbonyl (C=O) groups is 1. The maximum absolute atomic E-state index is 13.8. The van der Waals surface area contributed by atoms with Crippen molar-refractivity contribution in [2.75, 3.05) is 0 Å². The van der Waals surface area contributed by atoms with Gasteiger partial charge in [0.25, 0.3) is 0 Å². The lowest BCUT2D eigenvalue weighted by molar-refractivity contribution is 0.0696. The number of carboxylic acids is 1. The number of aromatic carboxylic acids is 1. The molecular formula is C14H15FN2O3. The second-order valence-corrected chi connectivity index (χ2v) is 4.51. The van der Waals surface area contributed by atoms with E-state index in [2.05, 4.69) is 0 Å². The van der Waals surface area contributed by atoms with Crippen molar-refractivity contribution in [3.63, 3.8) is 0 Å². The van der Waals surface area contributed by atoms with Crippen LogP contribution in [0.1, 0.15) is 29.3 Å². The number of halogens is 1. The lowest BCUT2D eigenvalue weighted by Crippen LogP contribution is -2.24. The van der Waals surface area contributed by atoms with Crippen molar-refractivity contribution < 1.29 is 14.3 Å². The van der Waals surface area contributed by atoms with E-state index >= 15 is 0 Å². The molecule has 0 aliphatic rings. The third-order valence-corrected chi connectivity index (χ3v) is 3.02. The molecule has 0 fully saturated rings. The summed E-state index contributed by atoms with van der Waals surface area (Å²) in [6.07, 6.45) is 4.10. The van der Waals surface area contributed by atoms with E-state index in [4.69, 9.17) is 5.11 Å². The molecule has 0 unspecified atom stereocenters. The Hall–Kier alpha value is -2.37. The molecule has 0 bridgehead atoms. The van der Waals surface area contributed by atoms with Crippen molar-refractivity contribution in [1.82, 2.24) is 9.13 Å². The standard InChI is InChI=1S/C14H15FN2O3/c1-2-5-16-6-7-17(14(16)20)9-11-4-3-10(13(18)19)8-12(11)15/h3-4,6-8H,2,5,9H2,1H3,(H,18,19). The molecule has 1 aromatic heterocycles. The highest BCUT2D eigenvalue weighted by atomic mass is 19.1. The van der Waals surface area contributed by atoms with E-state index in [0.717, 1.165) is 12.5 Å². The van der Waals surface area contributed by atoms with Gasteiger partial charge >= 0.3 is 11.7 Å². The molecule has 1 heterocycles. The first-order chi connectivity index (χ1) is 9.52. The summed E-state index contributed by atoms with van der Waals surface area (Å²) in [6, 6.07) is 3.68. The quantitative estimate of drug-likeness (QED) is 0.909. The van der Waals surface area contributed by atoms with Crippen LogP contribution in [0.4, 0.5) is 4.39 Å². The zero-order chi connectivity index (χ0) is 14.7. The van der Waals surface area contributed by atoms with Gasteiger partial charge in [-0.05, 0) is 18.6 Å². The van der Waals surface area contributed by atoms with Crippen LogP contribution in [-0.2, 0) is 13.1 Å². The van der Waals surface area contributed by atoms with Crippen molar-refractivity contribution in [3.05, 3.63) is 58.0 Å². The second-order valence-electron chi connectivity index (χ2n) is 4.51.